The number of nitrogens with two attached hydrogens (primary N) is 2. The molecule has 0 bridgehead atoms. The van der Waals surface area contributed by atoms with Crippen molar-refractivity contribution in [1.82, 2.24) is 15.1 Å². The molecule has 0 radical (unpaired) electrons. The van der Waals surface area contributed by atoms with Crippen molar-refractivity contribution in [1.29, 1.82) is 0 Å². The Kier molecular flexibility index (Phi) is 5.16. The Hall–Kier alpha value is -3.23. The summed E-state index contributed by atoms with van der Waals surface area (Å²) in [5, 5.41) is 6.87. The molecule has 0 aliphatic carbocycles. The zero-order chi connectivity index (χ0) is 18.7. The molecule has 0 aliphatic heterocycles. The highest BCUT2D eigenvalue weighted by Gasteiger charge is 2.26. The lowest BCUT2D eigenvalue weighted by atomic mass is 10.1. The SMILES string of the molecule is CC(C)Cn1nc(C(=O)NC(C(N)=O)C(N)=O)c2ccccc2c1=O. The van der Waals surface area contributed by atoms with Gasteiger partial charge in [-0.2, -0.15) is 5.10 Å². The van der Waals surface area contributed by atoms with Gasteiger partial charge in [0.15, 0.2) is 11.7 Å². The number of aromatic nitrogens is 2. The van der Waals surface area contributed by atoms with Crippen LogP contribution in [0.15, 0.2) is 29.1 Å². The zero-order valence-electron chi connectivity index (χ0n) is 13.9. The number of carbonyl (C=O) groups is 3. The number of fused-ring (bicyclic) bond motifs is 1. The van der Waals surface area contributed by atoms with Crippen LogP contribution in [0.4, 0.5) is 0 Å². The number of nitrogens with zero attached hydrogens (tertiary/aromatic N) is 2. The number of amides is 3. The van der Waals surface area contributed by atoms with Crippen LogP contribution in [0.3, 0.4) is 0 Å². The second kappa shape index (κ2) is 7.12. The lowest BCUT2D eigenvalue weighted by molar-refractivity contribution is -0.128. The maximum Gasteiger partial charge on any atom is 0.274 e. The third-order valence-electron chi connectivity index (χ3n) is 3.47. The Morgan fingerprint density at radius 2 is 1.68 bits per heavy atom. The Morgan fingerprint density at radius 1 is 1.12 bits per heavy atom. The summed E-state index contributed by atoms with van der Waals surface area (Å²) in [7, 11) is 0. The van der Waals surface area contributed by atoms with Crippen LogP contribution in [0.2, 0.25) is 0 Å². The van der Waals surface area contributed by atoms with Crippen molar-refractivity contribution in [3.8, 4) is 0 Å². The molecule has 5 N–H and O–H groups in total. The molecule has 0 saturated heterocycles. The molecule has 0 aliphatic rings. The molecule has 0 unspecified atom stereocenters. The summed E-state index contributed by atoms with van der Waals surface area (Å²) in [5.74, 6) is -2.87. The Balaban J connectivity index is 2.57. The predicted octanol–water partition coefficient (Wildman–Crippen LogP) is -0.878. The van der Waals surface area contributed by atoms with Gasteiger partial charge in [0.25, 0.3) is 11.5 Å². The third-order valence-corrected chi connectivity index (χ3v) is 3.47. The monoisotopic (exact) mass is 345 g/mol. The first-order valence-electron chi connectivity index (χ1n) is 7.61. The van der Waals surface area contributed by atoms with Gasteiger partial charge in [-0.3, -0.25) is 19.2 Å². The van der Waals surface area contributed by atoms with E-state index in [2.05, 4.69) is 10.4 Å². The van der Waals surface area contributed by atoms with Crippen molar-refractivity contribution in [2.75, 3.05) is 0 Å². The Labute approximate surface area is 143 Å². The summed E-state index contributed by atoms with van der Waals surface area (Å²) < 4.78 is 1.19. The first kappa shape index (κ1) is 18.1. The Morgan fingerprint density at radius 3 is 2.20 bits per heavy atom. The lowest BCUT2D eigenvalue weighted by Crippen LogP contribution is -2.52. The van der Waals surface area contributed by atoms with Gasteiger partial charge < -0.3 is 16.8 Å². The molecule has 25 heavy (non-hydrogen) atoms. The van der Waals surface area contributed by atoms with Gasteiger partial charge in [-0.05, 0) is 12.0 Å². The second-order valence-corrected chi connectivity index (χ2v) is 5.99. The van der Waals surface area contributed by atoms with Gasteiger partial charge in [-0.1, -0.05) is 32.0 Å². The van der Waals surface area contributed by atoms with E-state index in [-0.39, 0.29) is 17.2 Å². The van der Waals surface area contributed by atoms with E-state index in [9.17, 15) is 19.2 Å². The summed E-state index contributed by atoms with van der Waals surface area (Å²) in [6, 6.07) is 4.78. The fraction of sp³-hybridized carbons (Fsp3) is 0.312. The maximum absolute atomic E-state index is 12.5. The number of hydrogen-bond acceptors (Lipinski definition) is 5. The minimum atomic E-state index is -1.67. The summed E-state index contributed by atoms with van der Waals surface area (Å²) in [6.45, 7) is 4.11. The highest BCUT2D eigenvalue weighted by Crippen LogP contribution is 2.14. The van der Waals surface area contributed by atoms with E-state index >= 15 is 0 Å². The van der Waals surface area contributed by atoms with Crippen LogP contribution in [0, 0.1) is 5.92 Å². The minimum Gasteiger partial charge on any atom is -0.367 e. The molecule has 9 nitrogen and oxygen atoms in total. The average Bonchev–Trinajstić information content (AvgIpc) is 2.54. The fourth-order valence-corrected chi connectivity index (χ4v) is 2.35. The molecule has 0 saturated carbocycles. The van der Waals surface area contributed by atoms with Crippen molar-refractivity contribution < 1.29 is 14.4 Å². The van der Waals surface area contributed by atoms with Gasteiger partial charge in [0.1, 0.15) is 0 Å². The second-order valence-electron chi connectivity index (χ2n) is 5.99. The van der Waals surface area contributed by atoms with Crippen LogP contribution < -0.4 is 22.3 Å². The zero-order valence-corrected chi connectivity index (χ0v) is 13.9. The van der Waals surface area contributed by atoms with Gasteiger partial charge >= 0.3 is 0 Å². The van der Waals surface area contributed by atoms with E-state index in [0.717, 1.165) is 0 Å². The van der Waals surface area contributed by atoms with Crippen LogP contribution in [0.1, 0.15) is 24.3 Å². The molecule has 0 spiro atoms. The number of nitrogens with one attached hydrogen (secondary N) is 1. The standard InChI is InChI=1S/C16H19N5O4/c1-8(2)7-21-16(25)10-6-4-3-5-9(10)11(20-21)15(24)19-12(13(17)22)14(18)23/h3-6,8,12H,7H2,1-2H3,(H2,17,22)(H2,18,23)(H,19,24). The molecular weight excluding hydrogens is 326 g/mol. The predicted molar refractivity (Wildman–Crippen MR) is 90.5 cm³/mol. The van der Waals surface area contributed by atoms with E-state index in [1.807, 2.05) is 13.8 Å². The molecule has 132 valence electrons. The number of benzene rings is 1. The van der Waals surface area contributed by atoms with Crippen LogP contribution in [-0.4, -0.2) is 33.5 Å². The van der Waals surface area contributed by atoms with E-state index in [1.165, 1.54) is 4.68 Å². The maximum atomic E-state index is 12.5. The summed E-state index contributed by atoms with van der Waals surface area (Å²) in [5.41, 5.74) is 9.71. The van der Waals surface area contributed by atoms with Gasteiger partial charge in [0, 0.05) is 11.9 Å². The first-order valence-corrected chi connectivity index (χ1v) is 7.61. The fourth-order valence-electron chi connectivity index (χ4n) is 2.35. The molecule has 2 aromatic rings. The normalized spacial score (nSPS) is 11.0. The quantitative estimate of drug-likeness (QED) is 0.581. The average molecular weight is 345 g/mol. The highest BCUT2D eigenvalue weighted by atomic mass is 16.2. The summed E-state index contributed by atoms with van der Waals surface area (Å²) in [6.07, 6.45) is 0. The lowest BCUT2D eigenvalue weighted by Gasteiger charge is -2.15. The van der Waals surface area contributed by atoms with Crippen molar-refractivity contribution in [3.05, 3.63) is 40.3 Å². The molecular formula is C16H19N5O4. The molecule has 1 aromatic carbocycles. The molecule has 3 amide bonds. The van der Waals surface area contributed by atoms with Gasteiger partial charge in [0.05, 0.1) is 5.39 Å². The molecule has 0 fully saturated rings. The first-order chi connectivity index (χ1) is 11.7. The van der Waals surface area contributed by atoms with E-state index < -0.39 is 23.8 Å². The molecule has 2 rings (SSSR count). The Bertz CT molecular complexity index is 889. The number of hydrogen-bond donors (Lipinski definition) is 3. The molecule has 1 aromatic heterocycles. The van der Waals surface area contributed by atoms with Gasteiger partial charge in [-0.15, -0.1) is 0 Å². The highest BCUT2D eigenvalue weighted by molar-refractivity contribution is 6.11. The molecule has 0 atom stereocenters. The minimum absolute atomic E-state index is 0.0941. The smallest absolute Gasteiger partial charge is 0.274 e. The van der Waals surface area contributed by atoms with Crippen molar-refractivity contribution >= 4 is 28.5 Å². The molecule has 9 heteroatoms. The number of carbonyl (C=O) groups excluding carboxylic acids is 3. The van der Waals surface area contributed by atoms with Crippen molar-refractivity contribution in [2.24, 2.45) is 17.4 Å². The van der Waals surface area contributed by atoms with E-state index in [0.29, 0.717) is 17.3 Å². The number of rotatable bonds is 6. The summed E-state index contributed by atoms with van der Waals surface area (Å²) in [4.78, 5) is 47.6. The topological polar surface area (TPSA) is 150 Å². The van der Waals surface area contributed by atoms with Gasteiger partial charge in [-0.25, -0.2) is 4.68 Å². The van der Waals surface area contributed by atoms with Crippen LogP contribution in [0.5, 0.6) is 0 Å². The largest absolute Gasteiger partial charge is 0.367 e. The number of primary amides is 2. The van der Waals surface area contributed by atoms with Crippen LogP contribution in [0.25, 0.3) is 10.8 Å². The van der Waals surface area contributed by atoms with E-state index in [4.69, 9.17) is 11.5 Å². The van der Waals surface area contributed by atoms with Crippen LogP contribution in [-0.2, 0) is 16.1 Å². The third kappa shape index (κ3) is 3.82. The summed E-state index contributed by atoms with van der Waals surface area (Å²) >= 11 is 0. The van der Waals surface area contributed by atoms with Crippen LogP contribution >= 0.6 is 0 Å². The van der Waals surface area contributed by atoms with Crippen molar-refractivity contribution in [2.45, 2.75) is 26.4 Å². The van der Waals surface area contributed by atoms with Crippen molar-refractivity contribution in [3.63, 3.8) is 0 Å². The van der Waals surface area contributed by atoms with E-state index in [1.54, 1.807) is 24.3 Å². The van der Waals surface area contributed by atoms with Gasteiger partial charge in [0.2, 0.25) is 11.8 Å². The molecule has 1 heterocycles.